The zero-order valence-corrected chi connectivity index (χ0v) is 12.8. The summed E-state index contributed by atoms with van der Waals surface area (Å²) in [6.07, 6.45) is 3.99. The van der Waals surface area contributed by atoms with Crippen LogP contribution in [0.5, 0.6) is 0 Å². The summed E-state index contributed by atoms with van der Waals surface area (Å²) in [7, 11) is 0. The van der Waals surface area contributed by atoms with Crippen molar-refractivity contribution in [1.82, 2.24) is 0 Å². The van der Waals surface area contributed by atoms with E-state index >= 15 is 0 Å². The van der Waals surface area contributed by atoms with Crippen LogP contribution in [0.25, 0.3) is 0 Å². The Hall–Kier alpha value is -0.861. The molecule has 3 rings (SSSR count). The zero-order chi connectivity index (χ0) is 13.4. The molecule has 2 nitrogen and oxygen atoms in total. The minimum Gasteiger partial charge on any atom is -0.748 e. The first-order valence-corrected chi connectivity index (χ1v) is 7.01. The number of rotatable bonds is 4. The minimum atomic E-state index is -0.0910. The number of hydrogen-bond acceptors (Lipinski definition) is 2. The van der Waals surface area contributed by atoms with E-state index in [9.17, 15) is 0 Å². The molecule has 1 saturated heterocycles. The van der Waals surface area contributed by atoms with Gasteiger partial charge < -0.3 is 40.2 Å². The van der Waals surface area contributed by atoms with Crippen molar-refractivity contribution in [1.29, 1.82) is 0 Å². The van der Waals surface area contributed by atoms with E-state index in [1.54, 1.807) is 0 Å². The third-order valence-electron chi connectivity index (χ3n) is 3.59. The third-order valence-corrected chi connectivity index (χ3v) is 3.59. The van der Waals surface area contributed by atoms with Crippen LogP contribution in [0.2, 0.25) is 0 Å². The molecule has 1 N–H and O–H groups in total. The summed E-state index contributed by atoms with van der Waals surface area (Å²) in [5.74, 6) is 0. The Kier molecular flexibility index (Phi) is 7.86. The number of hydrogen-bond donors (Lipinski definition) is 1. The van der Waals surface area contributed by atoms with Gasteiger partial charge in [-0.25, -0.2) is 12.1 Å². The van der Waals surface area contributed by atoms with E-state index in [0.29, 0.717) is 0 Å². The fourth-order valence-electron chi connectivity index (χ4n) is 2.63. The molecule has 1 aliphatic heterocycles. The van der Waals surface area contributed by atoms with Gasteiger partial charge in [-0.15, -0.1) is 5.56 Å². The second kappa shape index (κ2) is 9.14. The van der Waals surface area contributed by atoms with Crippen LogP contribution < -0.4 is 0 Å². The van der Waals surface area contributed by atoms with Gasteiger partial charge in [0.2, 0.25) is 0 Å². The van der Waals surface area contributed by atoms with Crippen LogP contribution in [0.3, 0.4) is 0 Å². The molecule has 0 amide bonds. The maximum Gasteiger partial charge on any atom is 0.0498 e. The van der Waals surface area contributed by atoms with Crippen molar-refractivity contribution in [2.45, 2.75) is 31.3 Å². The second-order valence-corrected chi connectivity index (χ2v) is 4.91. The Morgan fingerprint density at radius 1 is 1.10 bits per heavy atom. The van der Waals surface area contributed by atoms with Gasteiger partial charge in [-0.3, -0.25) is 0 Å². The molecule has 0 aromatic heterocycles. The van der Waals surface area contributed by atoms with Crippen LogP contribution in [-0.4, -0.2) is 18.3 Å². The first-order valence-electron chi connectivity index (χ1n) is 7.01. The molecule has 20 heavy (non-hydrogen) atoms. The van der Waals surface area contributed by atoms with E-state index in [4.69, 9.17) is 9.84 Å². The molecule has 0 radical (unpaired) electrons. The van der Waals surface area contributed by atoms with Crippen molar-refractivity contribution >= 4 is 0 Å². The van der Waals surface area contributed by atoms with Crippen LogP contribution >= 0.6 is 0 Å². The van der Waals surface area contributed by atoms with E-state index in [1.165, 1.54) is 5.56 Å². The number of aliphatic hydroxyl groups is 1. The third kappa shape index (κ3) is 4.60. The van der Waals surface area contributed by atoms with E-state index in [1.807, 2.05) is 30.3 Å². The molecule has 0 saturated carbocycles. The molecule has 1 fully saturated rings. The molecule has 2 aromatic rings. The number of ether oxygens (including phenoxy) is 1. The SMILES string of the molecule is OCCCC1([c-]2cccc2)CCCO1.[Fe].[cH-]1[cH-][cH-][cH-][cH-]1. The van der Waals surface area contributed by atoms with Gasteiger partial charge in [-0.05, 0) is 25.7 Å². The molecule has 1 heterocycles. The van der Waals surface area contributed by atoms with Gasteiger partial charge in [0, 0.05) is 35.9 Å². The van der Waals surface area contributed by atoms with Crippen molar-refractivity contribution in [2.75, 3.05) is 13.2 Å². The summed E-state index contributed by atoms with van der Waals surface area (Å²) in [5, 5.41) is 8.88. The summed E-state index contributed by atoms with van der Waals surface area (Å²) in [6, 6.07) is 18.4. The average molecular weight is 314 g/mol. The van der Waals surface area contributed by atoms with Crippen molar-refractivity contribution in [3.63, 3.8) is 0 Å². The summed E-state index contributed by atoms with van der Waals surface area (Å²) in [4.78, 5) is 0. The Bertz CT molecular complexity index is 397. The molecule has 1 atom stereocenters. The average Bonchev–Trinajstić information content (AvgIpc) is 3.19. The van der Waals surface area contributed by atoms with Gasteiger partial charge in [0.25, 0.3) is 0 Å². The topological polar surface area (TPSA) is 29.5 Å². The van der Waals surface area contributed by atoms with Gasteiger partial charge in [0.05, 0.1) is 0 Å². The first-order chi connectivity index (χ1) is 9.37. The number of aliphatic hydroxyl groups excluding tert-OH is 1. The van der Waals surface area contributed by atoms with Crippen LogP contribution in [0.1, 0.15) is 31.2 Å². The molecule has 1 aliphatic rings. The van der Waals surface area contributed by atoms with Crippen LogP contribution in [0, 0.1) is 0 Å². The Labute approximate surface area is 132 Å². The molecule has 3 heteroatoms. The molecular formula is C17H22FeO2-6. The van der Waals surface area contributed by atoms with Gasteiger partial charge in [-0.1, -0.05) is 0 Å². The fourth-order valence-corrected chi connectivity index (χ4v) is 2.63. The summed E-state index contributed by atoms with van der Waals surface area (Å²) >= 11 is 0. The summed E-state index contributed by atoms with van der Waals surface area (Å²) in [5.41, 5.74) is 1.19. The Balaban J connectivity index is 0.000000283. The maximum absolute atomic E-state index is 8.88. The van der Waals surface area contributed by atoms with Crippen LogP contribution in [0.4, 0.5) is 0 Å². The van der Waals surface area contributed by atoms with Crippen molar-refractivity contribution in [2.24, 2.45) is 0 Å². The molecule has 0 bridgehead atoms. The van der Waals surface area contributed by atoms with E-state index in [2.05, 4.69) is 24.3 Å². The molecular weight excluding hydrogens is 292 g/mol. The van der Waals surface area contributed by atoms with Crippen LogP contribution in [-0.2, 0) is 27.4 Å². The van der Waals surface area contributed by atoms with Crippen molar-refractivity contribution in [3.05, 3.63) is 60.2 Å². The van der Waals surface area contributed by atoms with Gasteiger partial charge in [-0.2, -0.15) is 12.1 Å². The van der Waals surface area contributed by atoms with Crippen molar-refractivity contribution in [3.8, 4) is 0 Å². The van der Waals surface area contributed by atoms with Gasteiger partial charge >= 0.3 is 0 Å². The molecule has 2 aromatic carbocycles. The van der Waals surface area contributed by atoms with Gasteiger partial charge in [0.15, 0.2) is 0 Å². The fraction of sp³-hybridized carbons (Fsp3) is 0.412. The summed E-state index contributed by atoms with van der Waals surface area (Å²) in [6.45, 7) is 1.11. The summed E-state index contributed by atoms with van der Waals surface area (Å²) < 4.78 is 5.88. The Morgan fingerprint density at radius 2 is 1.70 bits per heavy atom. The molecule has 0 spiro atoms. The Morgan fingerprint density at radius 3 is 2.15 bits per heavy atom. The quantitative estimate of drug-likeness (QED) is 0.690. The first kappa shape index (κ1) is 17.2. The van der Waals surface area contributed by atoms with E-state index < -0.39 is 0 Å². The van der Waals surface area contributed by atoms with Gasteiger partial charge in [0.1, 0.15) is 0 Å². The molecule has 116 valence electrons. The maximum atomic E-state index is 8.88. The van der Waals surface area contributed by atoms with Crippen molar-refractivity contribution < 1.29 is 26.9 Å². The second-order valence-electron chi connectivity index (χ2n) is 4.91. The van der Waals surface area contributed by atoms with E-state index in [0.717, 1.165) is 32.3 Å². The standard InChI is InChI=1S/C12H17O2.C5H5.Fe/c13-9-3-7-12(8-4-10-14-12)11-5-1-2-6-11;1-2-4-5-3-1;/h1-2,5-6,13H,3-4,7-10H2;1-5H;/q-1;-5;. The molecule has 1 unspecified atom stereocenters. The van der Waals surface area contributed by atoms with Crippen LogP contribution in [0.15, 0.2) is 54.6 Å². The van der Waals surface area contributed by atoms with E-state index in [-0.39, 0.29) is 29.3 Å². The zero-order valence-electron chi connectivity index (χ0n) is 11.6. The molecule has 0 aliphatic carbocycles. The monoisotopic (exact) mass is 314 g/mol. The minimum absolute atomic E-state index is 0. The normalized spacial score (nSPS) is 20.9. The smallest absolute Gasteiger partial charge is 0.0498 e. The predicted octanol–water partition coefficient (Wildman–Crippen LogP) is 3.59. The largest absolute Gasteiger partial charge is 0.748 e. The predicted molar refractivity (Wildman–Crippen MR) is 77.3 cm³/mol.